The van der Waals surface area contributed by atoms with Crippen molar-refractivity contribution in [1.82, 2.24) is 4.67 Å². The van der Waals surface area contributed by atoms with Crippen LogP contribution in [0.3, 0.4) is 0 Å². The first-order valence-corrected chi connectivity index (χ1v) is 10.0. The van der Waals surface area contributed by atoms with Gasteiger partial charge in [0, 0.05) is 20.0 Å². The van der Waals surface area contributed by atoms with Crippen molar-refractivity contribution in [3.63, 3.8) is 0 Å². The van der Waals surface area contributed by atoms with Gasteiger partial charge >= 0.3 is 7.75 Å². The van der Waals surface area contributed by atoms with Gasteiger partial charge in [-0.25, -0.2) is 9.24 Å². The van der Waals surface area contributed by atoms with Crippen LogP contribution in [0, 0.1) is 0 Å². The quantitative estimate of drug-likeness (QED) is 0.539. The molecule has 0 radical (unpaired) electrons. The predicted octanol–water partition coefficient (Wildman–Crippen LogP) is 1.92. The molecule has 0 aromatic heterocycles. The van der Waals surface area contributed by atoms with E-state index in [1.807, 2.05) is 0 Å². The minimum atomic E-state index is -3.65. The second kappa shape index (κ2) is 7.46. The molecule has 16 heavy (non-hydrogen) atoms. The highest BCUT2D eigenvalue weighted by molar-refractivity contribution is 8.67. The van der Waals surface area contributed by atoms with Gasteiger partial charge in [0.2, 0.25) is 5.69 Å². The summed E-state index contributed by atoms with van der Waals surface area (Å²) < 4.78 is 27.4. The molecular weight excluding hydrogens is 292 g/mol. The van der Waals surface area contributed by atoms with Crippen molar-refractivity contribution < 1.29 is 23.0 Å². The molecule has 1 atom stereocenters. The van der Waals surface area contributed by atoms with Crippen LogP contribution in [-0.2, 0) is 29.9 Å². The first-order chi connectivity index (χ1) is 7.27. The van der Waals surface area contributed by atoms with Crippen LogP contribution in [0.25, 0.3) is 0 Å². The molecule has 0 aliphatic carbocycles. The molecule has 0 spiro atoms. The molecular formula is C6H17NO5P2S2. The van der Waals surface area contributed by atoms with Crippen molar-refractivity contribution in [1.29, 1.82) is 0 Å². The van der Waals surface area contributed by atoms with E-state index >= 15 is 0 Å². The first-order valence-electron chi connectivity index (χ1n) is 4.28. The maximum absolute atomic E-state index is 11.3. The molecule has 0 rings (SSSR count). The molecule has 0 aliphatic rings. The molecule has 0 aromatic carbocycles. The first kappa shape index (κ1) is 17.0. The van der Waals surface area contributed by atoms with Gasteiger partial charge in [-0.3, -0.25) is 4.52 Å². The van der Waals surface area contributed by atoms with Gasteiger partial charge in [-0.1, -0.05) is 11.4 Å². The maximum atomic E-state index is 11.3. The van der Waals surface area contributed by atoms with Gasteiger partial charge in [0.1, 0.15) is 0 Å². The molecule has 0 aliphatic heterocycles. The lowest BCUT2D eigenvalue weighted by atomic mass is 10.9. The third-order valence-corrected chi connectivity index (χ3v) is 8.87. The summed E-state index contributed by atoms with van der Waals surface area (Å²) in [6.07, 6.45) is 0. The summed E-state index contributed by atoms with van der Waals surface area (Å²) in [5.41, 5.74) is -2.30. The Morgan fingerprint density at radius 3 is 2.25 bits per heavy atom. The highest BCUT2D eigenvalue weighted by atomic mass is 32.9. The van der Waals surface area contributed by atoms with Crippen LogP contribution < -0.4 is 0 Å². The van der Waals surface area contributed by atoms with Crippen molar-refractivity contribution in [3.8, 4) is 0 Å². The van der Waals surface area contributed by atoms with E-state index in [0.717, 1.165) is 4.67 Å². The molecule has 0 saturated heterocycles. The summed E-state index contributed by atoms with van der Waals surface area (Å²) >= 11 is 6.38. The Hall–Kier alpha value is 1.03. The second-order valence-corrected chi connectivity index (χ2v) is 11.5. The van der Waals surface area contributed by atoms with Crippen molar-refractivity contribution in [2.75, 3.05) is 40.7 Å². The molecule has 0 bridgehead atoms. The van der Waals surface area contributed by atoms with Gasteiger partial charge in [0.05, 0.1) is 6.61 Å². The lowest BCUT2D eigenvalue weighted by Crippen LogP contribution is -2.11. The Morgan fingerprint density at radius 1 is 1.38 bits per heavy atom. The third kappa shape index (κ3) is 6.10. The smallest absolute Gasteiger partial charge is 0.325 e. The number of hydrogen-bond acceptors (Lipinski definition) is 6. The zero-order chi connectivity index (χ0) is 12.8. The molecule has 0 heterocycles. The van der Waals surface area contributed by atoms with Crippen molar-refractivity contribution in [2.24, 2.45) is 0 Å². The van der Waals surface area contributed by atoms with Crippen molar-refractivity contribution in [3.05, 3.63) is 0 Å². The van der Waals surface area contributed by atoms with Crippen molar-refractivity contribution in [2.45, 2.75) is 0 Å². The molecule has 10 heteroatoms. The summed E-state index contributed by atoms with van der Waals surface area (Å²) in [7, 11) is 2.27. The zero-order valence-electron chi connectivity index (χ0n) is 9.65. The van der Waals surface area contributed by atoms with Gasteiger partial charge in [-0.2, -0.15) is 0 Å². The average molecular weight is 309 g/mol. The van der Waals surface area contributed by atoms with Crippen LogP contribution in [0.1, 0.15) is 0 Å². The topological polar surface area (TPSA) is 68.2 Å². The summed E-state index contributed by atoms with van der Waals surface area (Å²) in [4.78, 5) is 9.31. The average Bonchev–Trinajstić information content (AvgIpc) is 2.24. The minimum Gasteiger partial charge on any atom is -0.325 e. The van der Waals surface area contributed by atoms with Crippen LogP contribution in [0.5, 0.6) is 0 Å². The van der Waals surface area contributed by atoms with Crippen LogP contribution in [0.2, 0.25) is 0 Å². The van der Waals surface area contributed by atoms with Gasteiger partial charge < -0.3 is 13.9 Å². The summed E-state index contributed by atoms with van der Waals surface area (Å²) in [6, 6.07) is 0. The fraction of sp³-hybridized carbons (Fsp3) is 1.00. The van der Waals surface area contributed by atoms with E-state index in [1.54, 1.807) is 0 Å². The van der Waals surface area contributed by atoms with E-state index in [4.69, 9.17) is 25.4 Å². The van der Waals surface area contributed by atoms with E-state index in [9.17, 15) is 9.46 Å². The van der Waals surface area contributed by atoms with Gasteiger partial charge in [0.15, 0.2) is 0 Å². The van der Waals surface area contributed by atoms with Crippen LogP contribution in [0.15, 0.2) is 0 Å². The molecule has 1 N–H and O–H groups in total. The van der Waals surface area contributed by atoms with Crippen LogP contribution >= 0.6 is 24.8 Å². The number of nitrogens with zero attached hydrogens (tertiary/aromatic N) is 1. The van der Waals surface area contributed by atoms with Crippen LogP contribution in [-0.4, -0.2) is 50.2 Å². The number of hydrogen-bond donors (Lipinski definition) is 1. The standard InChI is InChI=1S/C6H17NO5P2S2/c1-7(2)13(8,9)12-5-6-16-14(15,10-3)11-4/h5-6H2,1-4H3,(H,8,9). The third-order valence-electron chi connectivity index (χ3n) is 1.54. The fourth-order valence-electron chi connectivity index (χ4n) is 0.601. The molecule has 6 nitrogen and oxygen atoms in total. The highest BCUT2D eigenvalue weighted by Crippen LogP contribution is 2.59. The Labute approximate surface area is 105 Å². The Morgan fingerprint density at radius 2 is 1.88 bits per heavy atom. The van der Waals surface area contributed by atoms with E-state index in [1.165, 1.54) is 39.7 Å². The fourth-order valence-corrected chi connectivity index (χ4v) is 4.22. The SMILES string of the molecule is COP(=S)(OC)SCCOP(=O)(O)N(C)C. The Bertz CT molecular complexity index is 283. The molecule has 0 aromatic rings. The van der Waals surface area contributed by atoms with E-state index < -0.39 is 13.4 Å². The van der Waals surface area contributed by atoms with Gasteiger partial charge in [0.25, 0.3) is 0 Å². The maximum Gasteiger partial charge on any atom is 0.405 e. The summed E-state index contributed by atoms with van der Waals surface area (Å²) in [5.74, 6) is 0.442. The Balaban J connectivity index is 3.94. The molecule has 1 unspecified atom stereocenters. The van der Waals surface area contributed by atoms with E-state index in [0.29, 0.717) is 5.75 Å². The summed E-state index contributed by atoms with van der Waals surface area (Å²) in [5, 5.41) is 0. The van der Waals surface area contributed by atoms with E-state index in [-0.39, 0.29) is 6.61 Å². The molecule has 0 amide bonds. The lowest BCUT2D eigenvalue weighted by molar-refractivity contribution is 0.234. The van der Waals surface area contributed by atoms with Gasteiger partial charge in [-0.15, -0.1) is 0 Å². The van der Waals surface area contributed by atoms with E-state index in [2.05, 4.69) is 0 Å². The normalized spacial score (nSPS) is 16.4. The zero-order valence-corrected chi connectivity index (χ0v) is 13.1. The molecule has 0 saturated carbocycles. The van der Waals surface area contributed by atoms with Crippen LogP contribution in [0.4, 0.5) is 0 Å². The van der Waals surface area contributed by atoms with Gasteiger partial charge in [-0.05, 0) is 25.9 Å². The largest absolute Gasteiger partial charge is 0.405 e. The molecule has 0 fully saturated rings. The van der Waals surface area contributed by atoms with Crippen molar-refractivity contribution >= 4 is 36.6 Å². The predicted molar refractivity (Wildman–Crippen MR) is 70.2 cm³/mol. The highest BCUT2D eigenvalue weighted by Gasteiger charge is 2.23. The molecule has 98 valence electrons. The monoisotopic (exact) mass is 309 g/mol. The lowest BCUT2D eigenvalue weighted by Gasteiger charge is -2.19. The minimum absolute atomic E-state index is 0.113. The summed E-state index contributed by atoms with van der Waals surface area (Å²) in [6.45, 7) is 0.113. The second-order valence-electron chi connectivity index (χ2n) is 2.82. The Kier molecular flexibility index (Phi) is 7.94. The number of rotatable bonds is 8.